The second kappa shape index (κ2) is 5.90. The first-order valence-corrected chi connectivity index (χ1v) is 7.66. The summed E-state index contributed by atoms with van der Waals surface area (Å²) in [5.41, 5.74) is 10.5. The minimum atomic E-state index is -0.0317. The molecule has 0 spiro atoms. The molecule has 2 N–H and O–H groups in total. The van der Waals surface area contributed by atoms with Crippen LogP contribution < -0.4 is 10.5 Å². The van der Waals surface area contributed by atoms with Gasteiger partial charge in [-0.3, -0.25) is 4.68 Å². The van der Waals surface area contributed by atoms with Gasteiger partial charge in [0.2, 0.25) is 0 Å². The summed E-state index contributed by atoms with van der Waals surface area (Å²) < 4.78 is 7.41. The van der Waals surface area contributed by atoms with Gasteiger partial charge in [-0.1, -0.05) is 24.3 Å². The fourth-order valence-corrected chi connectivity index (χ4v) is 3.38. The highest BCUT2D eigenvalue weighted by Gasteiger charge is 2.29. The lowest BCUT2D eigenvalue weighted by atomic mass is 9.79. The average molecular weight is 285 g/mol. The molecule has 1 aromatic heterocycles. The molecule has 0 bridgehead atoms. The smallest absolute Gasteiger partial charge is 0.161 e. The maximum Gasteiger partial charge on any atom is 0.161 e. The van der Waals surface area contributed by atoms with Crippen LogP contribution in [0, 0.1) is 5.92 Å². The molecule has 112 valence electrons. The summed E-state index contributed by atoms with van der Waals surface area (Å²) >= 11 is 0. The van der Waals surface area contributed by atoms with Crippen molar-refractivity contribution in [2.45, 2.75) is 38.8 Å². The van der Waals surface area contributed by atoms with Crippen molar-refractivity contribution in [1.82, 2.24) is 9.78 Å². The number of rotatable bonds is 4. The summed E-state index contributed by atoms with van der Waals surface area (Å²) in [4.78, 5) is 0. The van der Waals surface area contributed by atoms with Crippen molar-refractivity contribution in [3.63, 3.8) is 0 Å². The van der Waals surface area contributed by atoms with E-state index in [1.807, 2.05) is 4.68 Å². The van der Waals surface area contributed by atoms with Crippen LogP contribution in [0.1, 0.15) is 36.2 Å². The van der Waals surface area contributed by atoms with Crippen LogP contribution in [-0.2, 0) is 19.4 Å². The molecule has 2 unspecified atom stereocenters. The van der Waals surface area contributed by atoms with Gasteiger partial charge in [0.1, 0.15) is 0 Å². The van der Waals surface area contributed by atoms with Crippen LogP contribution >= 0.6 is 0 Å². The molecule has 2 aromatic rings. The van der Waals surface area contributed by atoms with Crippen LogP contribution in [0.2, 0.25) is 0 Å². The van der Waals surface area contributed by atoms with Crippen LogP contribution in [0.3, 0.4) is 0 Å². The predicted octanol–water partition coefficient (Wildman–Crippen LogP) is 2.72. The van der Waals surface area contributed by atoms with Crippen molar-refractivity contribution in [1.29, 1.82) is 0 Å². The molecule has 1 heterocycles. The van der Waals surface area contributed by atoms with Gasteiger partial charge in [0.25, 0.3) is 0 Å². The molecule has 0 saturated heterocycles. The van der Waals surface area contributed by atoms with Gasteiger partial charge in [0.05, 0.1) is 25.0 Å². The molecule has 2 atom stereocenters. The normalized spacial score (nSPS) is 19.1. The van der Waals surface area contributed by atoms with Crippen LogP contribution in [0.15, 0.2) is 30.5 Å². The molecule has 0 amide bonds. The maximum absolute atomic E-state index is 6.58. The number of methoxy groups -OCH3 is 1. The van der Waals surface area contributed by atoms with Gasteiger partial charge < -0.3 is 10.5 Å². The highest BCUT2D eigenvalue weighted by molar-refractivity contribution is 5.33. The molecule has 1 aliphatic rings. The SMILES string of the molecule is CCn1ncc(OC)c1C(N)C1CCc2ccccc2C1. The predicted molar refractivity (Wildman–Crippen MR) is 83.3 cm³/mol. The largest absolute Gasteiger partial charge is 0.493 e. The van der Waals surface area contributed by atoms with E-state index >= 15 is 0 Å². The van der Waals surface area contributed by atoms with Crippen molar-refractivity contribution >= 4 is 0 Å². The van der Waals surface area contributed by atoms with Gasteiger partial charge in [0, 0.05) is 6.54 Å². The third kappa shape index (κ3) is 2.56. The standard InChI is InChI=1S/C17H23N3O/c1-3-20-17(15(21-2)11-19-20)16(18)14-9-8-12-6-4-5-7-13(12)10-14/h4-7,11,14,16H,3,8-10,18H2,1-2H3. The minimum Gasteiger partial charge on any atom is -0.493 e. The Labute approximate surface area is 125 Å². The topological polar surface area (TPSA) is 53.1 Å². The molecule has 0 saturated carbocycles. The highest BCUT2D eigenvalue weighted by Crippen LogP contribution is 2.36. The van der Waals surface area contributed by atoms with Gasteiger partial charge in [0.15, 0.2) is 5.75 Å². The van der Waals surface area contributed by atoms with Crippen LogP contribution in [0.25, 0.3) is 0 Å². The summed E-state index contributed by atoms with van der Waals surface area (Å²) in [6.07, 6.45) is 5.04. The summed E-state index contributed by atoms with van der Waals surface area (Å²) in [5.74, 6) is 1.25. The molecule has 1 aliphatic carbocycles. The Morgan fingerprint density at radius 3 is 2.86 bits per heavy atom. The lowest BCUT2D eigenvalue weighted by Gasteiger charge is -2.30. The first kappa shape index (κ1) is 14.1. The maximum atomic E-state index is 6.58. The van der Waals surface area contributed by atoms with Crippen LogP contribution in [-0.4, -0.2) is 16.9 Å². The molecule has 0 fully saturated rings. The van der Waals surface area contributed by atoms with E-state index in [1.54, 1.807) is 13.3 Å². The molecule has 0 radical (unpaired) electrons. The molecule has 3 rings (SSSR count). The molecular formula is C17H23N3O. The van der Waals surface area contributed by atoms with E-state index < -0.39 is 0 Å². The summed E-state index contributed by atoms with van der Waals surface area (Å²) in [6.45, 7) is 2.90. The lowest BCUT2D eigenvalue weighted by molar-refractivity contribution is 0.344. The number of aromatic nitrogens is 2. The summed E-state index contributed by atoms with van der Waals surface area (Å²) in [5, 5.41) is 4.38. The van der Waals surface area contributed by atoms with Gasteiger partial charge >= 0.3 is 0 Å². The van der Waals surface area contributed by atoms with Crippen molar-refractivity contribution in [3.05, 3.63) is 47.3 Å². The van der Waals surface area contributed by atoms with E-state index in [1.165, 1.54) is 11.1 Å². The first-order valence-electron chi connectivity index (χ1n) is 7.66. The number of ether oxygens (including phenoxy) is 1. The zero-order valence-electron chi connectivity index (χ0n) is 12.7. The number of hydrogen-bond donors (Lipinski definition) is 1. The van der Waals surface area contributed by atoms with E-state index in [4.69, 9.17) is 10.5 Å². The molecule has 4 heteroatoms. The Hall–Kier alpha value is -1.81. The molecule has 1 aromatic carbocycles. The average Bonchev–Trinajstić information content (AvgIpc) is 2.96. The summed E-state index contributed by atoms with van der Waals surface area (Å²) in [7, 11) is 1.68. The van der Waals surface area contributed by atoms with Gasteiger partial charge in [-0.2, -0.15) is 5.10 Å². The van der Waals surface area contributed by atoms with E-state index in [9.17, 15) is 0 Å². The third-order valence-corrected chi connectivity index (χ3v) is 4.57. The quantitative estimate of drug-likeness (QED) is 0.939. The van der Waals surface area contributed by atoms with Crippen LogP contribution in [0.4, 0.5) is 0 Å². The van der Waals surface area contributed by atoms with Crippen molar-refractivity contribution in [3.8, 4) is 5.75 Å². The Bertz CT molecular complexity index is 599. The molecule has 4 nitrogen and oxygen atoms in total. The fourth-order valence-electron chi connectivity index (χ4n) is 3.38. The Morgan fingerprint density at radius 1 is 1.38 bits per heavy atom. The van der Waals surface area contributed by atoms with Gasteiger partial charge in [-0.25, -0.2) is 0 Å². The van der Waals surface area contributed by atoms with Crippen molar-refractivity contribution in [2.75, 3.05) is 7.11 Å². The number of nitrogens with zero attached hydrogens (tertiary/aromatic N) is 2. The van der Waals surface area contributed by atoms with E-state index in [-0.39, 0.29) is 6.04 Å². The number of hydrogen-bond acceptors (Lipinski definition) is 3. The second-order valence-corrected chi connectivity index (χ2v) is 5.71. The van der Waals surface area contributed by atoms with Crippen molar-refractivity contribution in [2.24, 2.45) is 11.7 Å². The molecular weight excluding hydrogens is 262 g/mol. The van der Waals surface area contributed by atoms with Gasteiger partial charge in [-0.05, 0) is 43.2 Å². The third-order valence-electron chi connectivity index (χ3n) is 4.57. The van der Waals surface area contributed by atoms with Gasteiger partial charge in [-0.15, -0.1) is 0 Å². The lowest BCUT2D eigenvalue weighted by Crippen LogP contribution is -2.29. The number of fused-ring (bicyclic) bond motifs is 1. The Morgan fingerprint density at radius 2 is 2.14 bits per heavy atom. The fraction of sp³-hybridized carbons (Fsp3) is 0.471. The van der Waals surface area contributed by atoms with Crippen LogP contribution in [0.5, 0.6) is 5.75 Å². The number of nitrogens with two attached hydrogens (primary N) is 1. The second-order valence-electron chi connectivity index (χ2n) is 5.71. The zero-order chi connectivity index (χ0) is 14.8. The zero-order valence-corrected chi connectivity index (χ0v) is 12.7. The monoisotopic (exact) mass is 285 g/mol. The van der Waals surface area contributed by atoms with Crippen molar-refractivity contribution < 1.29 is 4.74 Å². The summed E-state index contributed by atoms with van der Waals surface area (Å²) in [6, 6.07) is 8.66. The number of benzene rings is 1. The Kier molecular flexibility index (Phi) is 3.97. The Balaban J connectivity index is 1.87. The highest BCUT2D eigenvalue weighted by atomic mass is 16.5. The minimum absolute atomic E-state index is 0.0317. The van der Waals surface area contributed by atoms with E-state index in [2.05, 4.69) is 36.3 Å². The molecule has 21 heavy (non-hydrogen) atoms. The first-order chi connectivity index (χ1) is 10.2. The number of aryl methyl sites for hydroxylation is 2. The van der Waals surface area contributed by atoms with E-state index in [0.29, 0.717) is 5.92 Å². The van der Waals surface area contributed by atoms with E-state index in [0.717, 1.165) is 37.3 Å². The molecule has 0 aliphatic heterocycles.